The predicted molar refractivity (Wildman–Crippen MR) is 198 cm³/mol. The van der Waals surface area contributed by atoms with Crippen LogP contribution in [0.25, 0.3) is 78.4 Å². The first kappa shape index (κ1) is 29.0. The van der Waals surface area contributed by atoms with Gasteiger partial charge in [0.15, 0.2) is 5.82 Å². The lowest BCUT2D eigenvalue weighted by Gasteiger charge is -2.12. The number of benzene rings is 6. The summed E-state index contributed by atoms with van der Waals surface area (Å²) in [5.74, 6) is 0.687. The minimum absolute atomic E-state index is 0.687. The molecule has 8 aromatic rings. The number of nitrogens with zero attached hydrogens (tertiary/aromatic N) is 3. The van der Waals surface area contributed by atoms with E-state index in [-0.39, 0.29) is 0 Å². The van der Waals surface area contributed by atoms with E-state index in [0.717, 1.165) is 50.3 Å². The molecule has 0 aliphatic carbocycles. The van der Waals surface area contributed by atoms with Crippen LogP contribution < -0.4 is 0 Å². The second-order valence-corrected chi connectivity index (χ2v) is 11.7. The Morgan fingerprint density at radius 1 is 0.250 bits per heavy atom. The second kappa shape index (κ2) is 13.1. The fourth-order valence-corrected chi connectivity index (χ4v) is 6.06. The first-order valence-electron chi connectivity index (χ1n) is 16.1. The number of hydrogen-bond acceptors (Lipinski definition) is 3. The molecule has 3 heteroatoms. The van der Waals surface area contributed by atoms with E-state index in [9.17, 15) is 0 Å². The summed E-state index contributed by atoms with van der Waals surface area (Å²) < 4.78 is 0. The molecule has 3 nitrogen and oxygen atoms in total. The Morgan fingerprint density at radius 3 is 1.21 bits per heavy atom. The van der Waals surface area contributed by atoms with Gasteiger partial charge in [0, 0.05) is 29.1 Å². The van der Waals surface area contributed by atoms with Crippen molar-refractivity contribution in [2.24, 2.45) is 0 Å². The van der Waals surface area contributed by atoms with Gasteiger partial charge in [-0.15, -0.1) is 0 Å². The highest BCUT2D eigenvalue weighted by Gasteiger charge is 2.13. The van der Waals surface area contributed by atoms with Crippen molar-refractivity contribution in [2.75, 3.05) is 0 Å². The van der Waals surface area contributed by atoms with Crippen LogP contribution in [-0.2, 0) is 0 Å². The zero-order chi connectivity index (χ0) is 32.1. The molecule has 8 rings (SSSR count). The molecule has 0 saturated heterocycles. The zero-order valence-corrected chi connectivity index (χ0v) is 26.2. The normalized spacial score (nSPS) is 10.9. The van der Waals surface area contributed by atoms with Crippen LogP contribution >= 0.6 is 0 Å². The van der Waals surface area contributed by atoms with Gasteiger partial charge in [0.05, 0.1) is 11.4 Å². The van der Waals surface area contributed by atoms with Crippen LogP contribution in [0.4, 0.5) is 0 Å². The van der Waals surface area contributed by atoms with Gasteiger partial charge in [0.2, 0.25) is 0 Å². The van der Waals surface area contributed by atoms with E-state index in [1.54, 1.807) is 0 Å². The van der Waals surface area contributed by atoms with Gasteiger partial charge in [-0.3, -0.25) is 4.98 Å². The molecular formula is C45H31N3. The SMILES string of the molecule is c1ccc(-c2ccc(-c3cc(-c4cccc(-c5cccc(-c6ccccc6)c5)c4)nc(-c4ccc(-c5ccncc5)cc4)n3)cc2)cc1. The van der Waals surface area contributed by atoms with Crippen LogP contribution in [0.3, 0.4) is 0 Å². The topological polar surface area (TPSA) is 38.7 Å². The summed E-state index contributed by atoms with van der Waals surface area (Å²) in [5.41, 5.74) is 14.1. The fourth-order valence-electron chi connectivity index (χ4n) is 6.06. The Hall–Kier alpha value is -6.45. The molecule has 0 aliphatic heterocycles. The summed E-state index contributed by atoms with van der Waals surface area (Å²) in [5, 5.41) is 0. The van der Waals surface area contributed by atoms with Crippen molar-refractivity contribution < 1.29 is 0 Å². The quantitative estimate of drug-likeness (QED) is 0.179. The van der Waals surface area contributed by atoms with Crippen LogP contribution in [0.15, 0.2) is 188 Å². The van der Waals surface area contributed by atoms with Gasteiger partial charge in [-0.05, 0) is 74.8 Å². The van der Waals surface area contributed by atoms with Gasteiger partial charge in [-0.25, -0.2) is 9.97 Å². The van der Waals surface area contributed by atoms with Crippen LogP contribution in [0.2, 0.25) is 0 Å². The van der Waals surface area contributed by atoms with E-state index in [0.29, 0.717) is 5.82 Å². The summed E-state index contributed by atoms with van der Waals surface area (Å²) in [6.45, 7) is 0. The molecule has 0 atom stereocenters. The maximum atomic E-state index is 5.15. The molecule has 0 bridgehead atoms. The summed E-state index contributed by atoms with van der Waals surface area (Å²) in [7, 11) is 0. The molecule has 2 heterocycles. The van der Waals surface area contributed by atoms with Gasteiger partial charge in [0.25, 0.3) is 0 Å². The highest BCUT2D eigenvalue weighted by molar-refractivity contribution is 5.79. The molecule has 226 valence electrons. The molecule has 0 radical (unpaired) electrons. The molecule has 2 aromatic heterocycles. The van der Waals surface area contributed by atoms with E-state index in [1.807, 2.05) is 36.7 Å². The fraction of sp³-hybridized carbons (Fsp3) is 0. The first-order chi connectivity index (χ1) is 23.8. The molecule has 48 heavy (non-hydrogen) atoms. The van der Waals surface area contributed by atoms with E-state index in [4.69, 9.17) is 9.97 Å². The number of rotatable bonds is 7. The maximum Gasteiger partial charge on any atom is 0.160 e. The van der Waals surface area contributed by atoms with Crippen LogP contribution in [0.1, 0.15) is 0 Å². The highest BCUT2D eigenvalue weighted by atomic mass is 14.9. The number of pyridine rings is 1. The standard InChI is InChI=1S/C45H31N3/c1-3-9-32(10-4-1)34-17-21-37(22-18-34)43-31-44(48-45(47-43)38-23-19-35(20-24-38)36-25-27-46-28-26-36)42-16-8-15-41(30-42)40-14-7-13-39(29-40)33-11-5-2-6-12-33/h1-31H. The monoisotopic (exact) mass is 613 g/mol. The molecular weight excluding hydrogens is 583 g/mol. The third kappa shape index (κ3) is 6.18. The smallest absolute Gasteiger partial charge is 0.160 e. The Morgan fingerprint density at radius 2 is 0.625 bits per heavy atom. The minimum Gasteiger partial charge on any atom is -0.265 e. The van der Waals surface area contributed by atoms with Crippen molar-refractivity contribution in [1.29, 1.82) is 0 Å². The van der Waals surface area contributed by atoms with Crippen molar-refractivity contribution >= 4 is 0 Å². The third-order valence-corrected chi connectivity index (χ3v) is 8.63. The van der Waals surface area contributed by atoms with Crippen molar-refractivity contribution in [3.05, 3.63) is 188 Å². The average Bonchev–Trinajstić information content (AvgIpc) is 3.19. The highest BCUT2D eigenvalue weighted by Crippen LogP contribution is 2.33. The van der Waals surface area contributed by atoms with E-state index >= 15 is 0 Å². The van der Waals surface area contributed by atoms with Crippen LogP contribution in [-0.4, -0.2) is 15.0 Å². The molecule has 0 unspecified atom stereocenters. The van der Waals surface area contributed by atoms with Crippen LogP contribution in [0, 0.1) is 0 Å². The Labute approximate surface area is 280 Å². The number of hydrogen-bond donors (Lipinski definition) is 0. The largest absolute Gasteiger partial charge is 0.265 e. The lowest BCUT2D eigenvalue weighted by atomic mass is 9.97. The van der Waals surface area contributed by atoms with E-state index < -0.39 is 0 Å². The van der Waals surface area contributed by atoms with Crippen LogP contribution in [0.5, 0.6) is 0 Å². The molecule has 0 spiro atoms. The van der Waals surface area contributed by atoms with Gasteiger partial charge in [0.1, 0.15) is 0 Å². The van der Waals surface area contributed by atoms with Gasteiger partial charge >= 0.3 is 0 Å². The molecule has 6 aromatic carbocycles. The van der Waals surface area contributed by atoms with E-state index in [2.05, 4.69) is 157 Å². The van der Waals surface area contributed by atoms with Crippen molar-refractivity contribution in [2.45, 2.75) is 0 Å². The Kier molecular flexibility index (Phi) is 7.92. The maximum absolute atomic E-state index is 5.15. The Bertz CT molecular complexity index is 2200. The predicted octanol–water partition coefficient (Wildman–Crippen LogP) is 11.5. The summed E-state index contributed by atoms with van der Waals surface area (Å²) in [6, 6.07) is 61.5. The summed E-state index contributed by atoms with van der Waals surface area (Å²) in [6.07, 6.45) is 3.63. The van der Waals surface area contributed by atoms with Crippen molar-refractivity contribution in [1.82, 2.24) is 15.0 Å². The van der Waals surface area contributed by atoms with Gasteiger partial charge < -0.3 is 0 Å². The van der Waals surface area contributed by atoms with Crippen molar-refractivity contribution in [3.63, 3.8) is 0 Å². The van der Waals surface area contributed by atoms with Gasteiger partial charge in [-0.2, -0.15) is 0 Å². The zero-order valence-electron chi connectivity index (χ0n) is 26.2. The lowest BCUT2D eigenvalue weighted by molar-refractivity contribution is 1.18. The van der Waals surface area contributed by atoms with E-state index in [1.165, 1.54) is 22.3 Å². The average molecular weight is 614 g/mol. The third-order valence-electron chi connectivity index (χ3n) is 8.63. The summed E-state index contributed by atoms with van der Waals surface area (Å²) >= 11 is 0. The molecule has 0 N–H and O–H groups in total. The Balaban J connectivity index is 1.20. The summed E-state index contributed by atoms with van der Waals surface area (Å²) in [4.78, 5) is 14.4. The lowest BCUT2D eigenvalue weighted by Crippen LogP contribution is -1.96. The molecule has 0 fully saturated rings. The van der Waals surface area contributed by atoms with Gasteiger partial charge in [-0.1, -0.05) is 146 Å². The number of aromatic nitrogens is 3. The molecule has 0 amide bonds. The molecule has 0 aliphatic rings. The molecule has 0 saturated carbocycles. The first-order valence-corrected chi connectivity index (χ1v) is 16.1. The van der Waals surface area contributed by atoms with Crippen molar-refractivity contribution in [3.8, 4) is 78.4 Å². The minimum atomic E-state index is 0.687. The second-order valence-electron chi connectivity index (χ2n) is 11.7.